The number of hydrogen-bond donors (Lipinski definition) is 1. The van der Waals surface area contributed by atoms with E-state index in [9.17, 15) is 9.59 Å². The highest BCUT2D eigenvalue weighted by atomic mass is 32.1. The smallest absolute Gasteiger partial charge is 0.270 e. The summed E-state index contributed by atoms with van der Waals surface area (Å²) in [5.41, 5.74) is 6.60. The zero-order valence-electron chi connectivity index (χ0n) is 14.2. The number of benzene rings is 1. The van der Waals surface area contributed by atoms with E-state index in [0.29, 0.717) is 18.8 Å². The zero-order valence-corrected chi connectivity index (χ0v) is 15.1. The summed E-state index contributed by atoms with van der Waals surface area (Å²) in [6.45, 7) is 4.61. The fourth-order valence-electron chi connectivity index (χ4n) is 2.83. The first kappa shape index (κ1) is 17.9. The number of primary amides is 1. The predicted octanol–water partition coefficient (Wildman–Crippen LogP) is 2.38. The Morgan fingerprint density at radius 1 is 1.31 bits per heavy atom. The Balaban J connectivity index is 1.85. The van der Waals surface area contributed by atoms with Crippen LogP contribution in [0.2, 0.25) is 0 Å². The summed E-state index contributed by atoms with van der Waals surface area (Å²) in [4.78, 5) is 27.6. The van der Waals surface area contributed by atoms with Crippen LogP contribution in [-0.2, 0) is 16.1 Å². The molecule has 1 aromatic carbocycles. The maximum Gasteiger partial charge on any atom is 0.270 e. The highest BCUT2D eigenvalue weighted by molar-refractivity contribution is 7.09. The van der Waals surface area contributed by atoms with Crippen LogP contribution in [0.5, 0.6) is 0 Å². The minimum atomic E-state index is -0.663. The number of carbonyl (C=O) groups excluding carboxylic acids is 2. The number of rotatable bonds is 7. The number of nitrogens with two attached hydrogens (primary N) is 1. The van der Waals surface area contributed by atoms with E-state index in [1.165, 1.54) is 5.01 Å². The van der Waals surface area contributed by atoms with Crippen molar-refractivity contribution >= 4 is 34.6 Å². The summed E-state index contributed by atoms with van der Waals surface area (Å²) in [7, 11) is 0. The molecule has 0 radical (unpaired) electrons. The number of thiophene rings is 1. The molecule has 0 bridgehead atoms. The molecule has 6 nitrogen and oxygen atoms in total. The quantitative estimate of drug-likeness (QED) is 0.762. The summed E-state index contributed by atoms with van der Waals surface area (Å²) in [6.07, 6.45) is 1.88. The molecule has 1 aromatic heterocycles. The third-order valence-electron chi connectivity index (χ3n) is 4.07. The number of para-hydroxylation sites is 1. The molecule has 1 atom stereocenters. The van der Waals surface area contributed by atoms with Gasteiger partial charge in [-0.1, -0.05) is 30.3 Å². The van der Waals surface area contributed by atoms with Gasteiger partial charge in [0.1, 0.15) is 11.8 Å². The molecule has 7 heteroatoms. The van der Waals surface area contributed by atoms with Gasteiger partial charge in [-0.05, 0) is 23.6 Å². The molecule has 0 spiro atoms. The minimum Gasteiger partial charge on any atom is -0.368 e. The summed E-state index contributed by atoms with van der Waals surface area (Å²) >= 11 is 1.59. The Bertz CT molecular complexity index is 817. The van der Waals surface area contributed by atoms with Gasteiger partial charge in [-0.25, -0.2) is 0 Å². The van der Waals surface area contributed by atoms with E-state index >= 15 is 0 Å². The maximum absolute atomic E-state index is 13.0. The Morgan fingerprint density at radius 3 is 2.69 bits per heavy atom. The SMILES string of the molecule is C=CCN(Cc1cccs1)C(=O)C1=NN(c2ccccc2)C(C(N)=O)C1. The van der Waals surface area contributed by atoms with E-state index in [4.69, 9.17) is 5.73 Å². The molecule has 1 unspecified atom stereocenters. The number of hydrogen-bond acceptors (Lipinski definition) is 5. The molecule has 26 heavy (non-hydrogen) atoms. The van der Waals surface area contributed by atoms with Crippen LogP contribution >= 0.6 is 11.3 Å². The highest BCUT2D eigenvalue weighted by Crippen LogP contribution is 2.25. The second kappa shape index (κ2) is 7.97. The second-order valence-corrected chi connectivity index (χ2v) is 6.94. The van der Waals surface area contributed by atoms with Crippen LogP contribution in [0.15, 0.2) is 65.6 Å². The van der Waals surface area contributed by atoms with Crippen LogP contribution in [0.1, 0.15) is 11.3 Å². The molecule has 0 aliphatic carbocycles. The predicted molar refractivity (Wildman–Crippen MR) is 104 cm³/mol. The molecule has 2 N–H and O–H groups in total. The normalized spacial score (nSPS) is 16.2. The van der Waals surface area contributed by atoms with Crippen LogP contribution < -0.4 is 10.7 Å². The lowest BCUT2D eigenvalue weighted by Gasteiger charge is -2.20. The molecule has 0 saturated heterocycles. The van der Waals surface area contributed by atoms with Gasteiger partial charge in [-0.15, -0.1) is 17.9 Å². The lowest BCUT2D eigenvalue weighted by molar-refractivity contribution is -0.124. The van der Waals surface area contributed by atoms with Crippen molar-refractivity contribution in [3.05, 3.63) is 65.4 Å². The van der Waals surface area contributed by atoms with Gasteiger partial charge < -0.3 is 10.6 Å². The van der Waals surface area contributed by atoms with E-state index in [-0.39, 0.29) is 12.3 Å². The lowest BCUT2D eigenvalue weighted by atomic mass is 10.1. The van der Waals surface area contributed by atoms with Crippen molar-refractivity contribution in [3.63, 3.8) is 0 Å². The van der Waals surface area contributed by atoms with Crippen molar-refractivity contribution in [3.8, 4) is 0 Å². The van der Waals surface area contributed by atoms with E-state index in [1.807, 2.05) is 47.8 Å². The molecule has 3 rings (SSSR count). The Labute approximate surface area is 156 Å². The second-order valence-electron chi connectivity index (χ2n) is 5.90. The molecule has 0 saturated carbocycles. The van der Waals surface area contributed by atoms with Crippen molar-refractivity contribution in [2.24, 2.45) is 10.8 Å². The number of nitrogens with zero attached hydrogens (tertiary/aromatic N) is 3. The van der Waals surface area contributed by atoms with Gasteiger partial charge in [-0.3, -0.25) is 14.6 Å². The number of anilines is 1. The Morgan fingerprint density at radius 2 is 2.08 bits per heavy atom. The van der Waals surface area contributed by atoms with Gasteiger partial charge in [0.15, 0.2) is 0 Å². The van der Waals surface area contributed by atoms with Crippen molar-refractivity contribution in [1.29, 1.82) is 0 Å². The van der Waals surface area contributed by atoms with Crippen molar-refractivity contribution in [2.45, 2.75) is 19.0 Å². The Hall–Kier alpha value is -2.93. The van der Waals surface area contributed by atoms with E-state index < -0.39 is 11.9 Å². The monoisotopic (exact) mass is 368 g/mol. The molecule has 1 aliphatic heterocycles. The summed E-state index contributed by atoms with van der Waals surface area (Å²) in [5, 5.41) is 7.93. The summed E-state index contributed by atoms with van der Waals surface area (Å²) in [5.74, 6) is -0.711. The van der Waals surface area contributed by atoms with Gasteiger partial charge in [0.25, 0.3) is 5.91 Å². The molecule has 1 aliphatic rings. The van der Waals surface area contributed by atoms with Gasteiger partial charge in [-0.2, -0.15) is 5.10 Å². The fourth-order valence-corrected chi connectivity index (χ4v) is 3.55. The topological polar surface area (TPSA) is 79.0 Å². The van der Waals surface area contributed by atoms with Gasteiger partial charge in [0.05, 0.1) is 12.2 Å². The first-order valence-electron chi connectivity index (χ1n) is 8.23. The van der Waals surface area contributed by atoms with Crippen LogP contribution in [0, 0.1) is 0 Å². The van der Waals surface area contributed by atoms with Gasteiger partial charge in [0.2, 0.25) is 5.91 Å². The first-order chi connectivity index (χ1) is 12.6. The minimum absolute atomic E-state index is 0.196. The van der Waals surface area contributed by atoms with Crippen molar-refractivity contribution in [2.75, 3.05) is 11.6 Å². The molecular weight excluding hydrogens is 348 g/mol. The first-order valence-corrected chi connectivity index (χ1v) is 9.11. The molecule has 0 fully saturated rings. The van der Waals surface area contributed by atoms with Crippen LogP contribution in [-0.4, -0.2) is 35.0 Å². The number of amides is 2. The molecular formula is C19H20N4O2S. The lowest BCUT2D eigenvalue weighted by Crippen LogP contribution is -2.40. The molecule has 2 amide bonds. The standard InChI is InChI=1S/C19H20N4O2S/c1-2-10-22(13-15-9-6-11-26-15)19(25)16-12-17(18(20)24)23(21-16)14-7-4-3-5-8-14/h2-9,11,17H,1,10,12-13H2,(H2,20,24). The fraction of sp³-hybridized carbons (Fsp3) is 0.211. The number of carbonyl (C=O) groups is 2. The third-order valence-corrected chi connectivity index (χ3v) is 4.93. The number of hydrazone groups is 1. The van der Waals surface area contributed by atoms with Gasteiger partial charge in [0, 0.05) is 17.8 Å². The molecule has 2 aromatic rings. The molecule has 2 heterocycles. The Kier molecular flexibility index (Phi) is 5.48. The van der Waals surface area contributed by atoms with E-state index in [2.05, 4.69) is 11.7 Å². The van der Waals surface area contributed by atoms with Crippen molar-refractivity contribution < 1.29 is 9.59 Å². The van der Waals surface area contributed by atoms with Crippen LogP contribution in [0.3, 0.4) is 0 Å². The zero-order chi connectivity index (χ0) is 18.5. The average Bonchev–Trinajstić information content (AvgIpc) is 3.31. The summed E-state index contributed by atoms with van der Waals surface area (Å²) < 4.78 is 0. The van der Waals surface area contributed by atoms with Crippen LogP contribution in [0.25, 0.3) is 0 Å². The van der Waals surface area contributed by atoms with E-state index in [0.717, 1.165) is 10.6 Å². The van der Waals surface area contributed by atoms with Gasteiger partial charge >= 0.3 is 0 Å². The van der Waals surface area contributed by atoms with E-state index in [1.54, 1.807) is 22.3 Å². The molecule has 134 valence electrons. The summed E-state index contributed by atoms with van der Waals surface area (Å²) in [6, 6.07) is 12.5. The maximum atomic E-state index is 13.0. The highest BCUT2D eigenvalue weighted by Gasteiger charge is 2.36. The van der Waals surface area contributed by atoms with Crippen molar-refractivity contribution in [1.82, 2.24) is 4.90 Å². The third kappa shape index (κ3) is 3.83. The largest absolute Gasteiger partial charge is 0.368 e. The average molecular weight is 368 g/mol. The van der Waals surface area contributed by atoms with Crippen LogP contribution in [0.4, 0.5) is 5.69 Å².